The van der Waals surface area contributed by atoms with Gasteiger partial charge in [0.05, 0.1) is 13.2 Å². The van der Waals surface area contributed by atoms with Gasteiger partial charge in [0.15, 0.2) is 12.1 Å². The highest BCUT2D eigenvalue weighted by Crippen LogP contribution is 2.34. The first-order valence-corrected chi connectivity index (χ1v) is 13.6. The van der Waals surface area contributed by atoms with Crippen LogP contribution in [-0.4, -0.2) is 43.4 Å². The van der Waals surface area contributed by atoms with E-state index in [1.807, 2.05) is 30.6 Å². The average molecular weight is 521 g/mol. The lowest BCUT2D eigenvalue weighted by Crippen LogP contribution is -2.19. The Morgan fingerprint density at radius 1 is 0.923 bits per heavy atom. The minimum Gasteiger partial charge on any atom is -0.348 e. The fraction of sp³-hybridized carbons (Fsp3) is 0.290. The van der Waals surface area contributed by atoms with Gasteiger partial charge in [-0.3, -0.25) is 0 Å². The Balaban J connectivity index is 1.29. The smallest absolute Gasteiger partial charge is 0.184 e. The van der Waals surface area contributed by atoms with Crippen molar-refractivity contribution in [3.05, 3.63) is 95.8 Å². The quantitative estimate of drug-likeness (QED) is 0.248. The Morgan fingerprint density at radius 2 is 1.72 bits per heavy atom. The zero-order valence-corrected chi connectivity index (χ0v) is 22.1. The van der Waals surface area contributed by atoms with Crippen LogP contribution in [0.5, 0.6) is 0 Å². The largest absolute Gasteiger partial charge is 0.348 e. The third kappa shape index (κ3) is 5.53. The van der Waals surface area contributed by atoms with Crippen molar-refractivity contribution in [2.75, 3.05) is 13.2 Å². The molecular formula is C31H32N6O2. The average Bonchev–Trinajstić information content (AvgIpc) is 3.70. The standard InChI is InChI=1S/C31H32N6O2/c1-2-3-7-22-12-15-27(31-38-18-6-19-39-31)28(20-22)30-32-16-17-37(30)21-23-10-13-24(14-11-23)25-8-4-5-9-26(25)29-33-35-36-34-29/h4-5,8-17,20,31H,2-3,6-7,18-19,21H2,1H3,(H,33,34,35,36). The number of hydrogen-bond donors (Lipinski definition) is 1. The number of rotatable bonds is 9. The molecule has 39 heavy (non-hydrogen) atoms. The molecule has 0 spiro atoms. The van der Waals surface area contributed by atoms with Gasteiger partial charge in [0, 0.05) is 35.6 Å². The number of nitrogens with zero attached hydrogens (tertiary/aromatic N) is 5. The molecule has 6 rings (SSSR count). The maximum atomic E-state index is 6.00. The van der Waals surface area contributed by atoms with Gasteiger partial charge in [0.25, 0.3) is 0 Å². The van der Waals surface area contributed by atoms with Gasteiger partial charge in [-0.25, -0.2) is 10.1 Å². The minimum atomic E-state index is -0.363. The van der Waals surface area contributed by atoms with E-state index < -0.39 is 0 Å². The second-order valence-electron chi connectivity index (χ2n) is 9.82. The second-order valence-corrected chi connectivity index (χ2v) is 9.82. The summed E-state index contributed by atoms with van der Waals surface area (Å²) in [5.41, 5.74) is 7.76. The van der Waals surface area contributed by atoms with Crippen LogP contribution in [0.25, 0.3) is 33.9 Å². The molecule has 1 aliphatic heterocycles. The molecule has 1 fully saturated rings. The second kappa shape index (κ2) is 11.7. The number of H-pyrrole nitrogens is 1. The Morgan fingerprint density at radius 3 is 2.49 bits per heavy atom. The summed E-state index contributed by atoms with van der Waals surface area (Å²) in [7, 11) is 0. The number of aromatic nitrogens is 6. The van der Waals surface area contributed by atoms with E-state index >= 15 is 0 Å². The van der Waals surface area contributed by atoms with Gasteiger partial charge in [-0.15, -0.1) is 5.10 Å². The van der Waals surface area contributed by atoms with E-state index in [-0.39, 0.29) is 6.29 Å². The van der Waals surface area contributed by atoms with Crippen molar-refractivity contribution in [3.8, 4) is 33.9 Å². The SMILES string of the molecule is CCCCc1ccc(C2OCCCO2)c(-c2nccn2Cc2ccc(-c3ccccc3-c3nnn[nH]3)cc2)c1. The van der Waals surface area contributed by atoms with Gasteiger partial charge in [0.2, 0.25) is 0 Å². The van der Waals surface area contributed by atoms with Gasteiger partial charge < -0.3 is 14.0 Å². The molecule has 1 aliphatic rings. The Bertz CT molecular complexity index is 1500. The molecule has 198 valence electrons. The first-order valence-electron chi connectivity index (χ1n) is 13.6. The van der Waals surface area contributed by atoms with Gasteiger partial charge >= 0.3 is 0 Å². The van der Waals surface area contributed by atoms with E-state index in [0.29, 0.717) is 25.6 Å². The molecule has 2 aromatic heterocycles. The topological polar surface area (TPSA) is 90.7 Å². The van der Waals surface area contributed by atoms with Crippen molar-refractivity contribution >= 4 is 0 Å². The summed E-state index contributed by atoms with van der Waals surface area (Å²) in [6.07, 6.45) is 7.84. The molecule has 8 nitrogen and oxygen atoms in total. The van der Waals surface area contributed by atoms with Crippen molar-refractivity contribution in [3.63, 3.8) is 0 Å². The maximum Gasteiger partial charge on any atom is 0.184 e. The first-order chi connectivity index (χ1) is 19.3. The van der Waals surface area contributed by atoms with Gasteiger partial charge in [-0.05, 0) is 58.0 Å². The molecule has 0 unspecified atom stereocenters. The van der Waals surface area contributed by atoms with E-state index in [0.717, 1.165) is 59.3 Å². The number of aromatic amines is 1. The molecule has 3 aromatic carbocycles. The summed E-state index contributed by atoms with van der Waals surface area (Å²) >= 11 is 0. The van der Waals surface area contributed by atoms with Gasteiger partial charge in [-0.2, -0.15) is 0 Å². The molecule has 5 aromatic rings. The molecule has 0 bridgehead atoms. The van der Waals surface area contributed by atoms with Crippen LogP contribution in [0, 0.1) is 0 Å². The Labute approximate surface area is 228 Å². The fourth-order valence-corrected chi connectivity index (χ4v) is 5.09. The van der Waals surface area contributed by atoms with E-state index in [1.54, 1.807) is 0 Å². The Kier molecular flexibility index (Phi) is 7.56. The molecule has 0 atom stereocenters. The van der Waals surface area contributed by atoms with Crippen LogP contribution in [-0.2, 0) is 22.4 Å². The van der Waals surface area contributed by atoms with Gasteiger partial charge in [0.1, 0.15) is 5.82 Å². The van der Waals surface area contributed by atoms with Crippen molar-refractivity contribution < 1.29 is 9.47 Å². The molecule has 1 saturated heterocycles. The lowest BCUT2D eigenvalue weighted by atomic mass is 9.98. The van der Waals surface area contributed by atoms with Crippen molar-refractivity contribution in [1.82, 2.24) is 30.2 Å². The van der Waals surface area contributed by atoms with E-state index in [4.69, 9.17) is 14.5 Å². The number of nitrogens with one attached hydrogen (secondary N) is 1. The molecule has 0 amide bonds. The highest BCUT2D eigenvalue weighted by molar-refractivity contribution is 5.80. The summed E-state index contributed by atoms with van der Waals surface area (Å²) in [6.45, 7) is 4.34. The lowest BCUT2D eigenvalue weighted by Gasteiger charge is -2.26. The number of unbranched alkanes of at least 4 members (excludes halogenated alkanes) is 1. The summed E-state index contributed by atoms with van der Waals surface area (Å²) < 4.78 is 14.2. The van der Waals surface area contributed by atoms with Crippen LogP contribution in [0.4, 0.5) is 0 Å². The molecule has 0 saturated carbocycles. The summed E-state index contributed by atoms with van der Waals surface area (Å²) in [6, 6.07) is 23.4. The number of hydrogen-bond acceptors (Lipinski definition) is 6. The molecule has 8 heteroatoms. The number of ether oxygens (including phenoxy) is 2. The van der Waals surface area contributed by atoms with Crippen LogP contribution in [0.3, 0.4) is 0 Å². The van der Waals surface area contributed by atoms with Crippen molar-refractivity contribution in [2.45, 2.75) is 45.4 Å². The molecular weight excluding hydrogens is 488 g/mol. The van der Waals surface area contributed by atoms with E-state index in [9.17, 15) is 0 Å². The highest BCUT2D eigenvalue weighted by Gasteiger charge is 2.23. The van der Waals surface area contributed by atoms with Crippen molar-refractivity contribution in [1.29, 1.82) is 0 Å². The number of aryl methyl sites for hydroxylation is 1. The predicted octanol–water partition coefficient (Wildman–Crippen LogP) is 6.22. The number of imidazole rings is 1. The Hall–Kier alpha value is -4.14. The van der Waals surface area contributed by atoms with E-state index in [1.165, 1.54) is 11.1 Å². The lowest BCUT2D eigenvalue weighted by molar-refractivity contribution is -0.182. The summed E-state index contributed by atoms with van der Waals surface area (Å²) in [5, 5.41) is 14.4. The molecule has 3 heterocycles. The van der Waals surface area contributed by atoms with Crippen LogP contribution in [0.2, 0.25) is 0 Å². The predicted molar refractivity (Wildman–Crippen MR) is 150 cm³/mol. The molecule has 1 N–H and O–H groups in total. The highest BCUT2D eigenvalue weighted by atomic mass is 16.7. The zero-order chi connectivity index (χ0) is 26.4. The summed E-state index contributed by atoms with van der Waals surface area (Å²) in [5.74, 6) is 1.58. The summed E-state index contributed by atoms with van der Waals surface area (Å²) in [4.78, 5) is 4.79. The van der Waals surface area contributed by atoms with Crippen LogP contribution < -0.4 is 0 Å². The van der Waals surface area contributed by atoms with Crippen LogP contribution in [0.15, 0.2) is 79.1 Å². The molecule has 0 aliphatic carbocycles. The maximum absolute atomic E-state index is 6.00. The van der Waals surface area contributed by atoms with Crippen molar-refractivity contribution in [2.24, 2.45) is 0 Å². The van der Waals surface area contributed by atoms with Crippen LogP contribution in [0.1, 0.15) is 49.2 Å². The monoisotopic (exact) mass is 520 g/mol. The molecule has 0 radical (unpaired) electrons. The van der Waals surface area contributed by atoms with Crippen LogP contribution >= 0.6 is 0 Å². The fourth-order valence-electron chi connectivity index (χ4n) is 5.09. The third-order valence-corrected chi connectivity index (χ3v) is 7.12. The number of tetrazole rings is 1. The van der Waals surface area contributed by atoms with E-state index in [2.05, 4.69) is 80.6 Å². The zero-order valence-electron chi connectivity index (χ0n) is 22.1. The third-order valence-electron chi connectivity index (χ3n) is 7.12. The van der Waals surface area contributed by atoms with Gasteiger partial charge in [-0.1, -0.05) is 74.0 Å². The first kappa shape index (κ1) is 25.2. The number of benzene rings is 3. The normalized spacial score (nSPS) is 14.1. The minimum absolute atomic E-state index is 0.363.